The molecule has 0 unspecified atom stereocenters. The SMILES string of the molecule is CCOC(=O)c1ccccc1NCCC(=O)Nc1ccc(NC(C)=O)cc1. The average molecular weight is 369 g/mol. The van der Waals surface area contributed by atoms with E-state index in [1.54, 1.807) is 49.4 Å². The van der Waals surface area contributed by atoms with E-state index in [0.29, 0.717) is 35.8 Å². The Morgan fingerprint density at radius 3 is 2.19 bits per heavy atom. The number of esters is 1. The molecule has 142 valence electrons. The molecule has 0 aliphatic heterocycles. The van der Waals surface area contributed by atoms with Gasteiger partial charge in [-0.15, -0.1) is 0 Å². The fourth-order valence-electron chi connectivity index (χ4n) is 2.40. The van der Waals surface area contributed by atoms with Crippen LogP contribution in [0.25, 0.3) is 0 Å². The van der Waals surface area contributed by atoms with Crippen molar-refractivity contribution in [3.8, 4) is 0 Å². The number of amides is 2. The van der Waals surface area contributed by atoms with E-state index < -0.39 is 5.97 Å². The second kappa shape index (κ2) is 9.96. The van der Waals surface area contributed by atoms with Gasteiger partial charge in [-0.25, -0.2) is 4.79 Å². The molecule has 3 N–H and O–H groups in total. The molecule has 0 spiro atoms. The van der Waals surface area contributed by atoms with Crippen LogP contribution >= 0.6 is 0 Å². The van der Waals surface area contributed by atoms with Gasteiger partial charge < -0.3 is 20.7 Å². The predicted molar refractivity (Wildman–Crippen MR) is 105 cm³/mol. The van der Waals surface area contributed by atoms with Gasteiger partial charge in [-0.3, -0.25) is 9.59 Å². The summed E-state index contributed by atoms with van der Waals surface area (Å²) < 4.78 is 5.02. The van der Waals surface area contributed by atoms with Crippen molar-refractivity contribution >= 4 is 34.8 Å². The van der Waals surface area contributed by atoms with Crippen LogP contribution in [-0.4, -0.2) is 30.9 Å². The predicted octanol–water partition coefficient (Wildman–Crippen LogP) is 3.26. The lowest BCUT2D eigenvalue weighted by atomic mass is 10.1. The van der Waals surface area contributed by atoms with E-state index in [1.807, 2.05) is 6.07 Å². The Morgan fingerprint density at radius 1 is 0.926 bits per heavy atom. The van der Waals surface area contributed by atoms with E-state index in [-0.39, 0.29) is 18.2 Å². The summed E-state index contributed by atoms with van der Waals surface area (Å²) in [6.07, 6.45) is 0.227. The van der Waals surface area contributed by atoms with Crippen LogP contribution in [-0.2, 0) is 14.3 Å². The molecule has 0 saturated carbocycles. The lowest BCUT2D eigenvalue weighted by Gasteiger charge is -2.11. The zero-order valence-electron chi connectivity index (χ0n) is 15.4. The van der Waals surface area contributed by atoms with Crippen molar-refractivity contribution in [2.24, 2.45) is 0 Å². The molecule has 0 atom stereocenters. The quantitative estimate of drug-likeness (QED) is 0.621. The minimum atomic E-state index is -0.399. The molecule has 0 aromatic heterocycles. The topological polar surface area (TPSA) is 96.5 Å². The average Bonchev–Trinajstić information content (AvgIpc) is 2.63. The highest BCUT2D eigenvalue weighted by molar-refractivity contribution is 5.96. The van der Waals surface area contributed by atoms with Crippen molar-refractivity contribution in [2.45, 2.75) is 20.3 Å². The van der Waals surface area contributed by atoms with Crippen LogP contribution < -0.4 is 16.0 Å². The summed E-state index contributed by atoms with van der Waals surface area (Å²) in [5.74, 6) is -0.714. The van der Waals surface area contributed by atoms with Gasteiger partial charge in [0.05, 0.1) is 12.2 Å². The summed E-state index contributed by atoms with van der Waals surface area (Å²) in [5.41, 5.74) is 2.37. The summed E-state index contributed by atoms with van der Waals surface area (Å²) in [5, 5.41) is 8.54. The second-order valence-corrected chi connectivity index (χ2v) is 5.75. The molecule has 2 rings (SSSR count). The van der Waals surface area contributed by atoms with Gasteiger partial charge in [0, 0.05) is 37.0 Å². The first kappa shape index (κ1) is 20.0. The third kappa shape index (κ3) is 6.47. The molecule has 0 fully saturated rings. The molecule has 0 saturated heterocycles. The Bertz CT molecular complexity index is 803. The highest BCUT2D eigenvalue weighted by atomic mass is 16.5. The largest absolute Gasteiger partial charge is 0.462 e. The van der Waals surface area contributed by atoms with Gasteiger partial charge in [-0.1, -0.05) is 12.1 Å². The third-order valence-corrected chi connectivity index (χ3v) is 3.58. The first-order chi connectivity index (χ1) is 13.0. The fourth-order valence-corrected chi connectivity index (χ4v) is 2.40. The fraction of sp³-hybridized carbons (Fsp3) is 0.250. The summed E-state index contributed by atoms with van der Waals surface area (Å²) in [6, 6.07) is 13.9. The van der Waals surface area contributed by atoms with Crippen molar-refractivity contribution < 1.29 is 19.1 Å². The van der Waals surface area contributed by atoms with E-state index in [9.17, 15) is 14.4 Å². The van der Waals surface area contributed by atoms with Gasteiger partial charge >= 0.3 is 5.97 Å². The molecule has 7 nitrogen and oxygen atoms in total. The smallest absolute Gasteiger partial charge is 0.340 e. The van der Waals surface area contributed by atoms with Crippen LogP contribution in [0.2, 0.25) is 0 Å². The van der Waals surface area contributed by atoms with E-state index in [4.69, 9.17) is 4.74 Å². The minimum Gasteiger partial charge on any atom is -0.462 e. The van der Waals surface area contributed by atoms with Crippen molar-refractivity contribution in [1.29, 1.82) is 0 Å². The molecular weight excluding hydrogens is 346 g/mol. The summed E-state index contributed by atoms with van der Waals surface area (Å²) in [4.78, 5) is 35.0. The Balaban J connectivity index is 1.84. The van der Waals surface area contributed by atoms with Crippen LogP contribution in [0, 0.1) is 0 Å². The maximum atomic E-state index is 12.1. The number of carbonyl (C=O) groups is 3. The van der Waals surface area contributed by atoms with E-state index >= 15 is 0 Å². The first-order valence-corrected chi connectivity index (χ1v) is 8.67. The molecule has 0 radical (unpaired) electrons. The molecule has 0 aliphatic rings. The van der Waals surface area contributed by atoms with Gasteiger partial charge in [-0.2, -0.15) is 0 Å². The molecule has 0 bridgehead atoms. The van der Waals surface area contributed by atoms with Crippen molar-refractivity contribution in [3.63, 3.8) is 0 Å². The second-order valence-electron chi connectivity index (χ2n) is 5.75. The number of hydrogen-bond donors (Lipinski definition) is 3. The molecule has 27 heavy (non-hydrogen) atoms. The minimum absolute atomic E-state index is 0.152. The number of nitrogens with one attached hydrogen (secondary N) is 3. The Hall–Kier alpha value is -3.35. The van der Waals surface area contributed by atoms with Gasteiger partial charge in [0.2, 0.25) is 11.8 Å². The van der Waals surface area contributed by atoms with Crippen LogP contribution in [0.15, 0.2) is 48.5 Å². The van der Waals surface area contributed by atoms with Crippen LogP contribution in [0.4, 0.5) is 17.1 Å². The zero-order chi connectivity index (χ0) is 19.6. The van der Waals surface area contributed by atoms with Crippen LogP contribution in [0.3, 0.4) is 0 Å². The van der Waals surface area contributed by atoms with Crippen molar-refractivity contribution in [1.82, 2.24) is 0 Å². The van der Waals surface area contributed by atoms with Gasteiger partial charge in [0.1, 0.15) is 0 Å². The summed E-state index contributed by atoms with van der Waals surface area (Å²) >= 11 is 0. The molecule has 2 amide bonds. The Morgan fingerprint density at radius 2 is 1.56 bits per heavy atom. The molecule has 0 heterocycles. The summed E-state index contributed by atoms with van der Waals surface area (Å²) in [7, 11) is 0. The monoisotopic (exact) mass is 369 g/mol. The van der Waals surface area contributed by atoms with Gasteiger partial charge in [0.15, 0.2) is 0 Å². The van der Waals surface area contributed by atoms with Gasteiger partial charge in [-0.05, 0) is 43.3 Å². The van der Waals surface area contributed by atoms with Crippen molar-refractivity contribution in [2.75, 3.05) is 29.1 Å². The number of ether oxygens (including phenoxy) is 1. The van der Waals surface area contributed by atoms with Gasteiger partial charge in [0.25, 0.3) is 0 Å². The lowest BCUT2D eigenvalue weighted by Crippen LogP contribution is -2.17. The number of anilines is 3. The number of benzene rings is 2. The molecule has 2 aromatic rings. The lowest BCUT2D eigenvalue weighted by molar-refractivity contribution is -0.116. The summed E-state index contributed by atoms with van der Waals surface area (Å²) in [6.45, 7) is 3.85. The third-order valence-electron chi connectivity index (χ3n) is 3.58. The number of para-hydroxylation sites is 1. The molecular formula is C20H23N3O4. The maximum Gasteiger partial charge on any atom is 0.340 e. The standard InChI is InChI=1S/C20H23N3O4/c1-3-27-20(26)17-6-4-5-7-18(17)21-13-12-19(25)23-16-10-8-15(9-11-16)22-14(2)24/h4-11,21H,3,12-13H2,1-2H3,(H,22,24)(H,23,25). The number of carbonyl (C=O) groups excluding carboxylic acids is 3. The van der Waals surface area contributed by atoms with Crippen LogP contribution in [0.1, 0.15) is 30.6 Å². The number of hydrogen-bond acceptors (Lipinski definition) is 5. The Labute approximate surface area is 158 Å². The highest BCUT2D eigenvalue weighted by Crippen LogP contribution is 2.17. The van der Waals surface area contributed by atoms with E-state index in [0.717, 1.165) is 0 Å². The first-order valence-electron chi connectivity index (χ1n) is 8.67. The Kier molecular flexibility index (Phi) is 7.37. The zero-order valence-corrected chi connectivity index (χ0v) is 15.4. The normalized spacial score (nSPS) is 10.0. The molecule has 0 aliphatic carbocycles. The van der Waals surface area contributed by atoms with Crippen LogP contribution in [0.5, 0.6) is 0 Å². The van der Waals surface area contributed by atoms with E-state index in [1.165, 1.54) is 6.92 Å². The molecule has 7 heteroatoms. The molecule has 2 aromatic carbocycles. The highest BCUT2D eigenvalue weighted by Gasteiger charge is 2.11. The van der Waals surface area contributed by atoms with Crippen molar-refractivity contribution in [3.05, 3.63) is 54.1 Å². The van der Waals surface area contributed by atoms with E-state index in [2.05, 4.69) is 16.0 Å². The maximum absolute atomic E-state index is 12.1. The number of rotatable bonds is 8.